The molecule has 2 saturated heterocycles. The van der Waals surface area contributed by atoms with Crippen molar-refractivity contribution in [2.45, 2.75) is 46.8 Å². The third kappa shape index (κ3) is 7.23. The van der Waals surface area contributed by atoms with Crippen LogP contribution in [-0.4, -0.2) is 120 Å². The Kier molecular flexibility index (Phi) is 9.77. The summed E-state index contributed by atoms with van der Waals surface area (Å²) in [5, 5.41) is 23.1. The van der Waals surface area contributed by atoms with Gasteiger partial charge in [-0.2, -0.15) is 4.31 Å². The molecule has 4 N–H and O–H groups in total. The van der Waals surface area contributed by atoms with Crippen molar-refractivity contribution >= 4 is 25.7 Å². The smallest absolute Gasteiger partial charge is 0.244 e. The maximum absolute atomic E-state index is 13.5. The van der Waals surface area contributed by atoms with Gasteiger partial charge < -0.3 is 34.6 Å². The van der Waals surface area contributed by atoms with E-state index in [1.54, 1.807) is 18.2 Å². The summed E-state index contributed by atoms with van der Waals surface area (Å²) in [5.41, 5.74) is 0.121. The lowest BCUT2D eigenvalue weighted by molar-refractivity contribution is -0.0312. The van der Waals surface area contributed by atoms with Crippen LogP contribution in [0.5, 0.6) is 11.6 Å². The molecule has 1 unspecified atom stereocenters. The van der Waals surface area contributed by atoms with Gasteiger partial charge in [-0.15, -0.1) is 0 Å². The minimum Gasteiger partial charge on any atom is -0.491 e. The summed E-state index contributed by atoms with van der Waals surface area (Å²) in [4.78, 5) is 6.27. The van der Waals surface area contributed by atoms with Crippen molar-refractivity contribution < 1.29 is 41.3 Å². The molecule has 1 aromatic heterocycles. The summed E-state index contributed by atoms with van der Waals surface area (Å²) in [7, 11) is -6.05. The molecule has 1 aromatic carbocycles. The zero-order valence-corrected chi connectivity index (χ0v) is 25.6. The van der Waals surface area contributed by atoms with Crippen LogP contribution in [0, 0.1) is 0 Å². The van der Waals surface area contributed by atoms with Crippen LogP contribution in [0.15, 0.2) is 46.3 Å². The molecule has 14 nitrogen and oxygen atoms in total. The second-order valence-corrected chi connectivity index (χ2v) is 14.7. The first kappa shape index (κ1) is 31.8. The fraction of sp³-hybridized carbons (Fsp3) is 0.593. The van der Waals surface area contributed by atoms with E-state index in [4.69, 9.17) is 14.2 Å². The minimum atomic E-state index is -3.79. The summed E-state index contributed by atoms with van der Waals surface area (Å²) in [6.07, 6.45) is 2.26. The number of sulfonamides is 2. The molecular weight excluding hydrogens is 602 g/mol. The molecule has 2 atom stereocenters. The van der Waals surface area contributed by atoms with Gasteiger partial charge in [0.15, 0.2) is 0 Å². The van der Waals surface area contributed by atoms with E-state index in [-0.39, 0.29) is 35.6 Å². The van der Waals surface area contributed by atoms with Crippen LogP contribution < -0.4 is 24.4 Å². The second-order valence-electron chi connectivity index (χ2n) is 10.9. The van der Waals surface area contributed by atoms with E-state index in [2.05, 4.69) is 15.0 Å². The number of aliphatic hydroxyl groups excluding tert-OH is 2. The molecule has 0 saturated carbocycles. The molecule has 1 spiro atoms. The Morgan fingerprint density at radius 2 is 1.95 bits per heavy atom. The SMILES string of the molecule is CNS(=O)(=O)c1cccc(OCC(O)CN[C@H]2COC3(CCN(S(=O)(=O)c4cnc5c(c4)N(CCO)CCO5)CC3)C2)c1. The van der Waals surface area contributed by atoms with E-state index in [0.717, 1.165) is 0 Å². The topological polar surface area (TPSA) is 180 Å². The average molecular weight is 642 g/mol. The van der Waals surface area contributed by atoms with E-state index in [9.17, 15) is 27.0 Å². The fourth-order valence-corrected chi connectivity index (χ4v) is 7.81. The van der Waals surface area contributed by atoms with E-state index >= 15 is 0 Å². The number of pyridine rings is 1. The lowest BCUT2D eigenvalue weighted by atomic mass is 9.88. The van der Waals surface area contributed by atoms with Crippen LogP contribution in [0.1, 0.15) is 19.3 Å². The minimum absolute atomic E-state index is 0.00994. The van der Waals surface area contributed by atoms with Crippen LogP contribution >= 0.6 is 0 Å². The van der Waals surface area contributed by atoms with Gasteiger partial charge in [0.1, 0.15) is 35.7 Å². The highest BCUT2D eigenvalue weighted by atomic mass is 32.2. The third-order valence-electron chi connectivity index (χ3n) is 8.07. The Morgan fingerprint density at radius 1 is 1.16 bits per heavy atom. The molecular formula is C27H39N5O9S2. The number of β-amino-alcohol motifs (C(OH)–C–C–N with tert-alkyl or cyclic N) is 1. The quantitative estimate of drug-likeness (QED) is 0.234. The highest BCUT2D eigenvalue weighted by molar-refractivity contribution is 7.89. The molecule has 238 valence electrons. The predicted molar refractivity (Wildman–Crippen MR) is 156 cm³/mol. The summed E-state index contributed by atoms with van der Waals surface area (Å²) >= 11 is 0. The van der Waals surface area contributed by atoms with Gasteiger partial charge in [0, 0.05) is 38.3 Å². The van der Waals surface area contributed by atoms with Crippen molar-refractivity contribution in [2.75, 3.05) is 71.1 Å². The maximum Gasteiger partial charge on any atom is 0.244 e. The molecule has 3 aliphatic heterocycles. The molecule has 0 radical (unpaired) electrons. The normalized spacial score (nSPS) is 21.4. The van der Waals surface area contributed by atoms with Gasteiger partial charge in [-0.3, -0.25) is 0 Å². The summed E-state index contributed by atoms with van der Waals surface area (Å²) in [6.45, 7) is 2.55. The maximum atomic E-state index is 13.5. The first-order valence-electron chi connectivity index (χ1n) is 14.3. The van der Waals surface area contributed by atoms with Crippen LogP contribution in [-0.2, 0) is 24.8 Å². The Hall–Kier alpha value is -2.57. The van der Waals surface area contributed by atoms with E-state index < -0.39 is 31.8 Å². The number of anilines is 1. The average Bonchev–Trinajstić information content (AvgIpc) is 3.41. The van der Waals surface area contributed by atoms with Gasteiger partial charge in [-0.1, -0.05) is 6.07 Å². The number of hydrogen-bond acceptors (Lipinski definition) is 12. The fourth-order valence-electron chi connectivity index (χ4n) is 5.64. The number of fused-ring (bicyclic) bond motifs is 1. The highest BCUT2D eigenvalue weighted by Gasteiger charge is 2.45. The van der Waals surface area contributed by atoms with Gasteiger partial charge in [0.2, 0.25) is 25.9 Å². The van der Waals surface area contributed by atoms with Crippen LogP contribution in [0.2, 0.25) is 0 Å². The number of aliphatic hydroxyl groups is 2. The van der Waals surface area contributed by atoms with Crippen molar-refractivity contribution in [1.82, 2.24) is 19.3 Å². The van der Waals surface area contributed by atoms with Crippen LogP contribution in [0.4, 0.5) is 5.69 Å². The van der Waals surface area contributed by atoms with Crippen molar-refractivity contribution in [3.05, 3.63) is 36.5 Å². The molecule has 3 aliphatic rings. The molecule has 2 aromatic rings. The number of nitrogens with zero attached hydrogens (tertiary/aromatic N) is 3. The first-order chi connectivity index (χ1) is 20.5. The number of nitrogens with one attached hydrogen (secondary N) is 2. The zero-order chi connectivity index (χ0) is 30.7. The molecule has 16 heteroatoms. The van der Waals surface area contributed by atoms with Gasteiger partial charge in [0.25, 0.3) is 0 Å². The molecule has 4 heterocycles. The molecule has 5 rings (SSSR count). The highest BCUT2D eigenvalue weighted by Crippen LogP contribution is 2.38. The molecule has 2 fully saturated rings. The number of benzene rings is 1. The summed E-state index contributed by atoms with van der Waals surface area (Å²) in [6, 6.07) is 7.61. The largest absolute Gasteiger partial charge is 0.491 e. The van der Waals surface area contributed by atoms with Gasteiger partial charge in [0.05, 0.1) is 36.5 Å². The lowest BCUT2D eigenvalue weighted by Gasteiger charge is -2.38. The number of hydrogen-bond donors (Lipinski definition) is 4. The number of ether oxygens (including phenoxy) is 3. The molecule has 0 amide bonds. The van der Waals surface area contributed by atoms with Crippen molar-refractivity contribution in [2.24, 2.45) is 0 Å². The third-order valence-corrected chi connectivity index (χ3v) is 11.3. The Bertz CT molecular complexity index is 1480. The molecule has 0 aliphatic carbocycles. The van der Waals surface area contributed by atoms with Crippen molar-refractivity contribution in [3.63, 3.8) is 0 Å². The monoisotopic (exact) mass is 641 g/mol. The number of rotatable bonds is 12. The van der Waals surface area contributed by atoms with Crippen LogP contribution in [0.3, 0.4) is 0 Å². The molecule has 0 bridgehead atoms. The Morgan fingerprint density at radius 3 is 2.70 bits per heavy atom. The Labute approximate surface area is 252 Å². The second kappa shape index (κ2) is 13.2. The standard InChI is InChI=1S/C27H39N5O9S2/c1-28-42(35,36)23-4-2-3-22(13-23)40-19-21(34)16-29-20-15-27(41-18-20)5-7-32(8-6-27)43(37,38)24-14-25-26(30-17-24)39-12-10-31(25)9-11-33/h2-4,13-14,17,20-21,28-29,33-34H,5-12,15-16,18-19H2,1H3/t20-,21?/m1/s1. The zero-order valence-electron chi connectivity index (χ0n) is 24.0. The molecule has 43 heavy (non-hydrogen) atoms. The lowest BCUT2D eigenvalue weighted by Crippen LogP contribution is -2.47. The Balaban J connectivity index is 1.10. The number of aromatic nitrogens is 1. The number of piperidine rings is 1. The van der Waals surface area contributed by atoms with Crippen LogP contribution in [0.25, 0.3) is 0 Å². The van der Waals surface area contributed by atoms with Crippen molar-refractivity contribution in [3.8, 4) is 11.6 Å². The van der Waals surface area contributed by atoms with Crippen molar-refractivity contribution in [1.29, 1.82) is 0 Å². The van der Waals surface area contributed by atoms with Gasteiger partial charge >= 0.3 is 0 Å². The predicted octanol–water partition coefficient (Wildman–Crippen LogP) is -0.477. The van der Waals surface area contributed by atoms with E-state index in [1.807, 2.05) is 4.90 Å². The summed E-state index contributed by atoms with van der Waals surface area (Å²) < 4.78 is 72.0. The van der Waals surface area contributed by atoms with E-state index in [1.165, 1.54) is 29.7 Å². The first-order valence-corrected chi connectivity index (χ1v) is 17.2. The summed E-state index contributed by atoms with van der Waals surface area (Å²) in [5.74, 6) is 0.697. The van der Waals surface area contributed by atoms with Gasteiger partial charge in [-0.05, 0) is 44.5 Å². The van der Waals surface area contributed by atoms with Gasteiger partial charge in [-0.25, -0.2) is 26.5 Å². The van der Waals surface area contributed by atoms with E-state index in [0.29, 0.717) is 76.0 Å².